The minimum Gasteiger partial charge on any atom is -0.356 e. The van der Waals surface area contributed by atoms with Gasteiger partial charge in [-0.05, 0) is 37.8 Å². The average molecular weight is 395 g/mol. The van der Waals surface area contributed by atoms with E-state index in [1.807, 2.05) is 4.90 Å². The fourth-order valence-corrected chi connectivity index (χ4v) is 4.23. The zero-order valence-electron chi connectivity index (χ0n) is 15.8. The second kappa shape index (κ2) is 9.40. The number of nitrogens with one attached hydrogen (secondary N) is 2. The summed E-state index contributed by atoms with van der Waals surface area (Å²) in [6.45, 7) is 2.04. The summed E-state index contributed by atoms with van der Waals surface area (Å²) in [7, 11) is 1.71. The molecule has 1 saturated carbocycles. The Morgan fingerprint density at radius 2 is 2.11 bits per heavy atom. The molecule has 2 N–H and O–H groups in total. The normalized spacial score (nSPS) is 20.9. The molecule has 1 unspecified atom stereocenters. The zero-order valence-corrected chi connectivity index (χ0v) is 16.6. The van der Waals surface area contributed by atoms with E-state index in [9.17, 15) is 9.18 Å². The van der Waals surface area contributed by atoms with Crippen LogP contribution in [-0.4, -0.2) is 49.5 Å². The summed E-state index contributed by atoms with van der Waals surface area (Å²) in [5.74, 6) is 0.923. The van der Waals surface area contributed by atoms with E-state index in [0.29, 0.717) is 35.4 Å². The number of aliphatic imine (C=N–C) groups is 1. The molecule has 0 radical (unpaired) electrons. The van der Waals surface area contributed by atoms with Gasteiger partial charge in [0.2, 0.25) is 5.91 Å². The lowest BCUT2D eigenvalue weighted by atomic mass is 10.1. The Hall–Kier alpha value is -1.82. The molecular formula is C20H28ClFN4O. The van der Waals surface area contributed by atoms with E-state index in [-0.39, 0.29) is 17.8 Å². The number of hydrogen-bond acceptors (Lipinski definition) is 2. The first-order chi connectivity index (χ1) is 13.1. The topological polar surface area (TPSA) is 56.7 Å². The number of nitrogens with zero attached hydrogens (tertiary/aromatic N) is 2. The van der Waals surface area contributed by atoms with Gasteiger partial charge in [0.15, 0.2) is 5.96 Å². The zero-order chi connectivity index (χ0) is 19.2. The number of benzene rings is 1. The van der Waals surface area contributed by atoms with E-state index in [4.69, 9.17) is 11.6 Å². The average Bonchev–Trinajstić information content (AvgIpc) is 3.34. The second-order valence-electron chi connectivity index (χ2n) is 7.34. The van der Waals surface area contributed by atoms with Gasteiger partial charge in [0.25, 0.3) is 0 Å². The maximum Gasteiger partial charge on any atom is 0.225 e. The van der Waals surface area contributed by atoms with Crippen LogP contribution in [0.1, 0.15) is 37.7 Å². The lowest BCUT2D eigenvalue weighted by Crippen LogP contribution is -2.45. The summed E-state index contributed by atoms with van der Waals surface area (Å²) in [6.07, 6.45) is 5.81. The van der Waals surface area contributed by atoms with Gasteiger partial charge in [-0.2, -0.15) is 0 Å². The molecule has 1 aromatic rings. The molecule has 7 heteroatoms. The van der Waals surface area contributed by atoms with E-state index in [1.165, 1.54) is 18.9 Å². The molecule has 5 nitrogen and oxygen atoms in total. The summed E-state index contributed by atoms with van der Waals surface area (Å²) in [5, 5.41) is 7.02. The van der Waals surface area contributed by atoms with Gasteiger partial charge in [0, 0.05) is 49.2 Å². The highest BCUT2D eigenvalue weighted by molar-refractivity contribution is 6.31. The standard InChI is InChI=1S/C20H28ClFN4O/c1-23-20(24-11-9-16-17(21)7-4-8-18(16)22)25-15-10-12-26(13-15)19(27)14-5-2-3-6-14/h4,7-8,14-15H,2-3,5-6,9-13H2,1H3,(H2,23,24,25). The summed E-state index contributed by atoms with van der Waals surface area (Å²) < 4.78 is 13.8. The van der Waals surface area contributed by atoms with Gasteiger partial charge in [-0.25, -0.2) is 4.39 Å². The highest BCUT2D eigenvalue weighted by Crippen LogP contribution is 2.27. The molecule has 0 bridgehead atoms. The van der Waals surface area contributed by atoms with Crippen molar-refractivity contribution in [3.63, 3.8) is 0 Å². The monoisotopic (exact) mass is 394 g/mol. The Kier molecular flexibility index (Phi) is 6.94. The van der Waals surface area contributed by atoms with Crippen LogP contribution in [0.5, 0.6) is 0 Å². The van der Waals surface area contributed by atoms with Crippen LogP contribution in [0.3, 0.4) is 0 Å². The smallest absolute Gasteiger partial charge is 0.225 e. The third-order valence-corrected chi connectivity index (χ3v) is 5.85. The van der Waals surface area contributed by atoms with Crippen molar-refractivity contribution in [3.8, 4) is 0 Å². The SMILES string of the molecule is CN=C(NCCc1c(F)cccc1Cl)NC1CCN(C(=O)C2CCCC2)C1. The van der Waals surface area contributed by atoms with Crippen molar-refractivity contribution in [3.05, 3.63) is 34.6 Å². The second-order valence-corrected chi connectivity index (χ2v) is 7.75. The van der Waals surface area contributed by atoms with Crippen LogP contribution >= 0.6 is 11.6 Å². The van der Waals surface area contributed by atoms with Crippen molar-refractivity contribution >= 4 is 23.5 Å². The molecule has 148 valence electrons. The lowest BCUT2D eigenvalue weighted by Gasteiger charge is -2.21. The van der Waals surface area contributed by atoms with Gasteiger partial charge in [-0.15, -0.1) is 0 Å². The highest BCUT2D eigenvalue weighted by atomic mass is 35.5. The Morgan fingerprint density at radius 3 is 2.81 bits per heavy atom. The number of amides is 1. The van der Waals surface area contributed by atoms with E-state index in [2.05, 4.69) is 15.6 Å². The molecule has 1 saturated heterocycles. The first-order valence-electron chi connectivity index (χ1n) is 9.77. The highest BCUT2D eigenvalue weighted by Gasteiger charge is 2.32. The van der Waals surface area contributed by atoms with Crippen molar-refractivity contribution in [1.29, 1.82) is 0 Å². The molecule has 0 aromatic heterocycles. The van der Waals surface area contributed by atoms with Crippen molar-refractivity contribution in [2.24, 2.45) is 10.9 Å². The van der Waals surface area contributed by atoms with Gasteiger partial charge in [-0.1, -0.05) is 30.5 Å². The molecule has 1 atom stereocenters. The van der Waals surface area contributed by atoms with Crippen LogP contribution in [0.25, 0.3) is 0 Å². The van der Waals surface area contributed by atoms with E-state index in [0.717, 1.165) is 32.4 Å². The minimum atomic E-state index is -0.288. The Morgan fingerprint density at radius 1 is 1.33 bits per heavy atom. The molecular weight excluding hydrogens is 367 g/mol. The number of likely N-dealkylation sites (tertiary alicyclic amines) is 1. The van der Waals surface area contributed by atoms with Crippen LogP contribution < -0.4 is 10.6 Å². The van der Waals surface area contributed by atoms with Crippen LogP contribution in [0.2, 0.25) is 5.02 Å². The maximum absolute atomic E-state index is 13.8. The Balaban J connectivity index is 1.44. The van der Waals surface area contributed by atoms with Crippen molar-refractivity contribution in [2.75, 3.05) is 26.7 Å². The van der Waals surface area contributed by atoms with Crippen LogP contribution in [0, 0.1) is 11.7 Å². The summed E-state index contributed by atoms with van der Waals surface area (Å²) in [5.41, 5.74) is 0.510. The van der Waals surface area contributed by atoms with E-state index < -0.39 is 0 Å². The van der Waals surface area contributed by atoms with Crippen molar-refractivity contribution in [1.82, 2.24) is 15.5 Å². The predicted molar refractivity (Wildman–Crippen MR) is 107 cm³/mol. The Bertz CT molecular complexity index is 670. The number of rotatable bonds is 5. The minimum absolute atomic E-state index is 0.193. The first-order valence-corrected chi connectivity index (χ1v) is 10.1. The first kappa shape index (κ1) is 19.9. The Labute approximate surface area is 165 Å². The molecule has 2 aliphatic rings. The van der Waals surface area contributed by atoms with Gasteiger partial charge in [0.05, 0.1) is 0 Å². The number of hydrogen-bond donors (Lipinski definition) is 2. The molecule has 1 amide bonds. The van der Waals surface area contributed by atoms with E-state index >= 15 is 0 Å². The fraction of sp³-hybridized carbons (Fsp3) is 0.600. The molecule has 0 spiro atoms. The van der Waals surface area contributed by atoms with Crippen molar-refractivity contribution in [2.45, 2.75) is 44.6 Å². The van der Waals surface area contributed by atoms with E-state index in [1.54, 1.807) is 19.2 Å². The van der Waals surface area contributed by atoms with Gasteiger partial charge < -0.3 is 15.5 Å². The van der Waals surface area contributed by atoms with Crippen LogP contribution in [-0.2, 0) is 11.2 Å². The van der Waals surface area contributed by atoms with Gasteiger partial charge in [-0.3, -0.25) is 9.79 Å². The molecule has 1 heterocycles. The summed E-state index contributed by atoms with van der Waals surface area (Å²) in [4.78, 5) is 18.8. The largest absolute Gasteiger partial charge is 0.356 e. The molecule has 1 aliphatic heterocycles. The number of carbonyl (C=O) groups is 1. The quantitative estimate of drug-likeness (QED) is 0.596. The van der Waals surface area contributed by atoms with Gasteiger partial charge in [0.1, 0.15) is 5.82 Å². The van der Waals surface area contributed by atoms with Crippen LogP contribution in [0.15, 0.2) is 23.2 Å². The number of guanidine groups is 1. The molecule has 27 heavy (non-hydrogen) atoms. The molecule has 2 fully saturated rings. The summed E-state index contributed by atoms with van der Waals surface area (Å²) in [6, 6.07) is 4.91. The molecule has 3 rings (SSSR count). The van der Waals surface area contributed by atoms with Crippen LogP contribution in [0.4, 0.5) is 4.39 Å². The fourth-order valence-electron chi connectivity index (χ4n) is 3.97. The summed E-state index contributed by atoms with van der Waals surface area (Å²) >= 11 is 6.06. The number of carbonyl (C=O) groups excluding carboxylic acids is 1. The molecule has 1 aromatic carbocycles. The maximum atomic E-state index is 13.8. The molecule has 1 aliphatic carbocycles. The third-order valence-electron chi connectivity index (χ3n) is 5.50. The number of halogens is 2. The predicted octanol–water partition coefficient (Wildman–Crippen LogP) is 2.98. The lowest BCUT2D eigenvalue weighted by molar-refractivity contribution is -0.134. The van der Waals surface area contributed by atoms with Gasteiger partial charge >= 0.3 is 0 Å². The third kappa shape index (κ3) is 5.12. The van der Waals surface area contributed by atoms with Crippen molar-refractivity contribution < 1.29 is 9.18 Å².